The Morgan fingerprint density at radius 2 is 2.00 bits per heavy atom. The minimum absolute atomic E-state index is 0.748. The van der Waals surface area contributed by atoms with Crippen molar-refractivity contribution < 1.29 is 0 Å². The summed E-state index contributed by atoms with van der Waals surface area (Å²) in [5.41, 5.74) is 3.19. The summed E-state index contributed by atoms with van der Waals surface area (Å²) in [7, 11) is 0. The highest BCUT2D eigenvalue weighted by molar-refractivity contribution is 5.56. The van der Waals surface area contributed by atoms with Gasteiger partial charge < -0.3 is 5.32 Å². The molecule has 5 heteroatoms. The molecule has 0 radical (unpaired) electrons. The van der Waals surface area contributed by atoms with Crippen LogP contribution in [0.4, 0.5) is 5.82 Å². The Hall–Kier alpha value is -1.91. The van der Waals surface area contributed by atoms with Crippen LogP contribution >= 0.6 is 0 Å². The first-order valence-corrected chi connectivity index (χ1v) is 6.84. The molecule has 0 aliphatic carbocycles. The molecule has 102 valence electrons. The van der Waals surface area contributed by atoms with Gasteiger partial charge in [-0.15, -0.1) is 0 Å². The highest BCUT2D eigenvalue weighted by atomic mass is 15.3. The Bertz CT molecular complexity index is 559. The van der Waals surface area contributed by atoms with Gasteiger partial charge in [-0.3, -0.25) is 4.68 Å². The maximum atomic E-state index is 4.67. The van der Waals surface area contributed by atoms with E-state index in [0.29, 0.717) is 0 Å². The Labute approximate surface area is 114 Å². The summed E-state index contributed by atoms with van der Waals surface area (Å²) in [6.45, 7) is 9.99. The van der Waals surface area contributed by atoms with Gasteiger partial charge in [0, 0.05) is 30.5 Å². The molecule has 0 aliphatic rings. The van der Waals surface area contributed by atoms with Gasteiger partial charge in [-0.2, -0.15) is 5.10 Å². The van der Waals surface area contributed by atoms with Gasteiger partial charge in [0.25, 0.3) is 0 Å². The predicted octanol–water partition coefficient (Wildman–Crippen LogP) is 2.66. The fourth-order valence-corrected chi connectivity index (χ4v) is 2.14. The zero-order chi connectivity index (χ0) is 13.8. The lowest BCUT2D eigenvalue weighted by Gasteiger charge is -2.12. The van der Waals surface area contributed by atoms with Crippen molar-refractivity contribution in [3.05, 3.63) is 23.5 Å². The number of rotatable bonds is 5. The number of anilines is 1. The van der Waals surface area contributed by atoms with E-state index < -0.39 is 0 Å². The Morgan fingerprint density at radius 1 is 1.21 bits per heavy atom. The molecule has 2 rings (SSSR count). The highest BCUT2D eigenvalue weighted by Gasteiger charge is 2.13. The molecule has 0 bridgehead atoms. The zero-order valence-electron chi connectivity index (χ0n) is 12.1. The lowest BCUT2D eigenvalue weighted by atomic mass is 10.2. The van der Waals surface area contributed by atoms with Crippen LogP contribution in [0, 0.1) is 6.92 Å². The molecule has 0 spiro atoms. The molecule has 19 heavy (non-hydrogen) atoms. The first-order chi connectivity index (χ1) is 9.21. The van der Waals surface area contributed by atoms with Crippen LogP contribution in [0.15, 0.2) is 12.3 Å². The average Bonchev–Trinajstić information content (AvgIpc) is 2.89. The first-order valence-electron chi connectivity index (χ1n) is 6.84. The normalized spacial score (nSPS) is 10.7. The van der Waals surface area contributed by atoms with Crippen molar-refractivity contribution in [1.82, 2.24) is 19.7 Å². The summed E-state index contributed by atoms with van der Waals surface area (Å²) in [6, 6.07) is 1.96. The summed E-state index contributed by atoms with van der Waals surface area (Å²) in [4.78, 5) is 9.31. The van der Waals surface area contributed by atoms with Crippen LogP contribution in [0.25, 0.3) is 11.5 Å². The van der Waals surface area contributed by atoms with E-state index in [9.17, 15) is 0 Å². The molecule has 5 nitrogen and oxygen atoms in total. The molecular formula is C14H21N5. The third kappa shape index (κ3) is 2.59. The van der Waals surface area contributed by atoms with Gasteiger partial charge in [0.2, 0.25) is 0 Å². The number of hydrogen-bond donors (Lipinski definition) is 1. The zero-order valence-corrected chi connectivity index (χ0v) is 12.1. The first kappa shape index (κ1) is 13.5. The van der Waals surface area contributed by atoms with Crippen LogP contribution < -0.4 is 5.32 Å². The fraction of sp³-hybridized carbons (Fsp3) is 0.500. The van der Waals surface area contributed by atoms with Crippen LogP contribution in [0.3, 0.4) is 0 Å². The Kier molecular flexibility index (Phi) is 4.14. The Balaban J connectivity index is 2.54. The Morgan fingerprint density at radius 3 is 2.63 bits per heavy atom. The van der Waals surface area contributed by atoms with Gasteiger partial charge in [-0.25, -0.2) is 9.97 Å². The molecule has 0 unspecified atom stereocenters. The summed E-state index contributed by atoms with van der Waals surface area (Å²) in [5.74, 6) is 1.67. The SMILES string of the molecule is CCNc1nc(-c2ccnn2CC)nc(CC)c1C. The van der Waals surface area contributed by atoms with Crippen LogP contribution in [0.1, 0.15) is 32.0 Å². The van der Waals surface area contributed by atoms with Crippen molar-refractivity contribution >= 4 is 5.82 Å². The monoisotopic (exact) mass is 259 g/mol. The number of nitrogens with one attached hydrogen (secondary N) is 1. The van der Waals surface area contributed by atoms with Gasteiger partial charge in [0.05, 0.1) is 0 Å². The molecule has 0 saturated heterocycles. The molecule has 0 atom stereocenters. The van der Waals surface area contributed by atoms with Crippen molar-refractivity contribution in [2.24, 2.45) is 0 Å². The minimum atomic E-state index is 0.748. The smallest absolute Gasteiger partial charge is 0.180 e. The molecule has 1 N–H and O–H groups in total. The second-order valence-electron chi connectivity index (χ2n) is 4.38. The second kappa shape index (κ2) is 5.82. The van der Waals surface area contributed by atoms with Gasteiger partial charge >= 0.3 is 0 Å². The maximum absolute atomic E-state index is 4.67. The lowest BCUT2D eigenvalue weighted by Crippen LogP contribution is -2.09. The van der Waals surface area contributed by atoms with Crippen LogP contribution in [-0.2, 0) is 13.0 Å². The van der Waals surface area contributed by atoms with E-state index in [1.165, 1.54) is 0 Å². The fourth-order valence-electron chi connectivity index (χ4n) is 2.14. The maximum Gasteiger partial charge on any atom is 0.180 e. The van der Waals surface area contributed by atoms with Crippen LogP contribution in [0.5, 0.6) is 0 Å². The topological polar surface area (TPSA) is 55.6 Å². The van der Waals surface area contributed by atoms with Crippen molar-refractivity contribution in [2.75, 3.05) is 11.9 Å². The lowest BCUT2D eigenvalue weighted by molar-refractivity contribution is 0.663. The number of hydrogen-bond acceptors (Lipinski definition) is 4. The van der Waals surface area contributed by atoms with Gasteiger partial charge in [0.15, 0.2) is 5.82 Å². The van der Waals surface area contributed by atoms with Crippen molar-refractivity contribution in [3.8, 4) is 11.5 Å². The molecule has 0 aliphatic heterocycles. The number of aryl methyl sites for hydroxylation is 2. The largest absolute Gasteiger partial charge is 0.370 e. The van der Waals surface area contributed by atoms with Gasteiger partial charge in [-0.05, 0) is 33.3 Å². The van der Waals surface area contributed by atoms with E-state index in [4.69, 9.17) is 0 Å². The van der Waals surface area contributed by atoms with E-state index in [1.54, 1.807) is 6.20 Å². The average molecular weight is 259 g/mol. The second-order valence-corrected chi connectivity index (χ2v) is 4.38. The molecular weight excluding hydrogens is 238 g/mol. The standard InChI is InChI=1S/C14H21N5/c1-5-11-10(4)13(15-6-2)18-14(17-11)12-8-9-16-19(12)7-3/h8-9H,5-7H2,1-4H3,(H,15,17,18). The van der Waals surface area contributed by atoms with E-state index in [-0.39, 0.29) is 0 Å². The third-order valence-corrected chi connectivity index (χ3v) is 3.17. The summed E-state index contributed by atoms with van der Waals surface area (Å²) >= 11 is 0. The van der Waals surface area contributed by atoms with Crippen LogP contribution in [0.2, 0.25) is 0 Å². The summed E-state index contributed by atoms with van der Waals surface area (Å²) in [6.07, 6.45) is 2.70. The quantitative estimate of drug-likeness (QED) is 0.897. The third-order valence-electron chi connectivity index (χ3n) is 3.17. The predicted molar refractivity (Wildman–Crippen MR) is 77.2 cm³/mol. The van der Waals surface area contributed by atoms with E-state index in [2.05, 4.69) is 48.1 Å². The van der Waals surface area contributed by atoms with Crippen molar-refractivity contribution in [2.45, 2.75) is 40.7 Å². The number of aromatic nitrogens is 4. The molecule has 2 aromatic heterocycles. The molecule has 0 amide bonds. The summed E-state index contributed by atoms with van der Waals surface area (Å²) in [5, 5.41) is 7.59. The molecule has 0 aromatic carbocycles. The molecule has 2 aromatic rings. The molecule has 0 fully saturated rings. The molecule has 0 saturated carbocycles. The van der Waals surface area contributed by atoms with Crippen molar-refractivity contribution in [3.63, 3.8) is 0 Å². The highest BCUT2D eigenvalue weighted by Crippen LogP contribution is 2.22. The van der Waals surface area contributed by atoms with Gasteiger partial charge in [-0.1, -0.05) is 6.92 Å². The van der Waals surface area contributed by atoms with Crippen LogP contribution in [-0.4, -0.2) is 26.3 Å². The summed E-state index contributed by atoms with van der Waals surface area (Å²) < 4.78 is 1.92. The van der Waals surface area contributed by atoms with E-state index in [1.807, 2.05) is 10.7 Å². The van der Waals surface area contributed by atoms with E-state index in [0.717, 1.165) is 48.1 Å². The minimum Gasteiger partial charge on any atom is -0.370 e. The molecule has 2 heterocycles. The number of nitrogens with zero attached hydrogens (tertiary/aromatic N) is 4. The van der Waals surface area contributed by atoms with E-state index >= 15 is 0 Å². The van der Waals surface area contributed by atoms with Crippen molar-refractivity contribution in [1.29, 1.82) is 0 Å². The van der Waals surface area contributed by atoms with Gasteiger partial charge in [0.1, 0.15) is 11.5 Å².